The van der Waals surface area contributed by atoms with Crippen LogP contribution in [0.5, 0.6) is 0 Å². The molecule has 0 bridgehead atoms. The fourth-order valence-electron chi connectivity index (χ4n) is 2.68. The lowest BCUT2D eigenvalue weighted by Gasteiger charge is -2.21. The molecule has 1 saturated carbocycles. The summed E-state index contributed by atoms with van der Waals surface area (Å²) in [7, 11) is 0. The van der Waals surface area contributed by atoms with E-state index < -0.39 is 0 Å². The lowest BCUT2D eigenvalue weighted by atomic mass is 9.84. The maximum absolute atomic E-state index is 11.7. The third-order valence-electron chi connectivity index (χ3n) is 3.45. The van der Waals surface area contributed by atoms with Gasteiger partial charge in [0, 0.05) is 11.5 Å². The van der Waals surface area contributed by atoms with Crippen LogP contribution in [0.25, 0.3) is 0 Å². The van der Waals surface area contributed by atoms with Gasteiger partial charge in [-0.15, -0.1) is 0 Å². The Morgan fingerprint density at radius 3 is 3.13 bits per heavy atom. The Hall–Kier alpha value is -1.05. The highest BCUT2D eigenvalue weighted by molar-refractivity contribution is 5.90. The highest BCUT2D eigenvalue weighted by atomic mass is 16.5. The largest absolute Gasteiger partial charge is 0.463 e. The van der Waals surface area contributed by atoms with E-state index in [1.54, 1.807) is 0 Å². The molecule has 0 radical (unpaired) electrons. The zero-order valence-corrected chi connectivity index (χ0v) is 9.51. The number of carbonyl (C=O) groups is 1. The van der Waals surface area contributed by atoms with Crippen LogP contribution in [-0.2, 0) is 9.53 Å². The van der Waals surface area contributed by atoms with Crippen molar-refractivity contribution in [2.75, 3.05) is 6.61 Å². The van der Waals surface area contributed by atoms with Gasteiger partial charge in [-0.2, -0.15) is 0 Å². The number of esters is 1. The second kappa shape index (κ2) is 4.21. The second-order valence-electron chi connectivity index (χ2n) is 4.32. The van der Waals surface area contributed by atoms with Crippen LogP contribution in [0.4, 0.5) is 0 Å². The molecule has 0 spiro atoms. The molecule has 82 valence electrons. The first-order valence-electron chi connectivity index (χ1n) is 5.79. The molecule has 1 atom stereocenters. The van der Waals surface area contributed by atoms with Crippen LogP contribution >= 0.6 is 0 Å². The molecule has 15 heavy (non-hydrogen) atoms. The summed E-state index contributed by atoms with van der Waals surface area (Å²) >= 11 is 0. The van der Waals surface area contributed by atoms with Crippen molar-refractivity contribution in [3.8, 4) is 0 Å². The summed E-state index contributed by atoms with van der Waals surface area (Å²) in [4.78, 5) is 11.7. The van der Waals surface area contributed by atoms with Crippen molar-refractivity contribution in [3.63, 3.8) is 0 Å². The van der Waals surface area contributed by atoms with Crippen molar-refractivity contribution in [2.45, 2.75) is 39.5 Å². The fourth-order valence-corrected chi connectivity index (χ4v) is 2.68. The van der Waals surface area contributed by atoms with Crippen molar-refractivity contribution >= 4 is 5.97 Å². The first-order valence-corrected chi connectivity index (χ1v) is 5.79. The summed E-state index contributed by atoms with van der Waals surface area (Å²) in [5, 5.41) is 0. The first kappa shape index (κ1) is 10.5. The van der Waals surface area contributed by atoms with Gasteiger partial charge in [-0.1, -0.05) is 17.2 Å². The van der Waals surface area contributed by atoms with E-state index in [2.05, 4.69) is 13.0 Å². The van der Waals surface area contributed by atoms with Gasteiger partial charge in [0.15, 0.2) is 0 Å². The Kier molecular flexibility index (Phi) is 2.94. The van der Waals surface area contributed by atoms with Gasteiger partial charge in [-0.3, -0.25) is 0 Å². The van der Waals surface area contributed by atoms with E-state index in [-0.39, 0.29) is 5.97 Å². The molecular formula is C13H18O2. The van der Waals surface area contributed by atoms with Crippen molar-refractivity contribution in [1.82, 2.24) is 0 Å². The van der Waals surface area contributed by atoms with Gasteiger partial charge in [0.2, 0.25) is 0 Å². The lowest BCUT2D eigenvalue weighted by Crippen LogP contribution is -2.15. The minimum atomic E-state index is -0.0943. The number of hydrogen-bond donors (Lipinski definition) is 0. The Balaban J connectivity index is 2.24. The van der Waals surface area contributed by atoms with Gasteiger partial charge in [-0.25, -0.2) is 4.79 Å². The van der Waals surface area contributed by atoms with Gasteiger partial charge in [0.05, 0.1) is 6.61 Å². The molecule has 2 rings (SSSR count). The maximum atomic E-state index is 11.7. The molecule has 2 heteroatoms. The van der Waals surface area contributed by atoms with Gasteiger partial charge in [0.25, 0.3) is 0 Å². The van der Waals surface area contributed by atoms with Crippen LogP contribution in [0.1, 0.15) is 39.5 Å². The number of ether oxygens (including phenoxy) is 1. The van der Waals surface area contributed by atoms with Crippen molar-refractivity contribution in [1.29, 1.82) is 0 Å². The highest BCUT2D eigenvalue weighted by Gasteiger charge is 2.30. The Morgan fingerprint density at radius 1 is 1.60 bits per heavy atom. The number of hydrogen-bond acceptors (Lipinski definition) is 2. The highest BCUT2D eigenvalue weighted by Crippen LogP contribution is 2.42. The van der Waals surface area contributed by atoms with Crippen molar-refractivity contribution in [2.24, 2.45) is 5.92 Å². The monoisotopic (exact) mass is 206 g/mol. The zero-order valence-electron chi connectivity index (χ0n) is 9.51. The van der Waals surface area contributed by atoms with E-state index in [1.807, 2.05) is 6.92 Å². The fraction of sp³-hybridized carbons (Fsp3) is 0.615. The molecule has 0 aromatic heterocycles. The van der Waals surface area contributed by atoms with E-state index in [0.717, 1.165) is 18.4 Å². The molecule has 0 saturated heterocycles. The quantitative estimate of drug-likeness (QED) is 0.513. The lowest BCUT2D eigenvalue weighted by molar-refractivity contribution is -0.138. The molecule has 2 nitrogen and oxygen atoms in total. The van der Waals surface area contributed by atoms with Gasteiger partial charge < -0.3 is 4.74 Å². The Morgan fingerprint density at radius 2 is 2.40 bits per heavy atom. The molecule has 0 aliphatic heterocycles. The minimum Gasteiger partial charge on any atom is -0.463 e. The molecule has 1 unspecified atom stereocenters. The summed E-state index contributed by atoms with van der Waals surface area (Å²) in [6.45, 7) is 4.51. The van der Waals surface area contributed by atoms with E-state index >= 15 is 0 Å². The topological polar surface area (TPSA) is 26.3 Å². The Bertz CT molecular complexity index is 336. The van der Waals surface area contributed by atoms with E-state index in [4.69, 9.17) is 4.74 Å². The number of allylic oxidation sites excluding steroid dienone is 3. The van der Waals surface area contributed by atoms with Gasteiger partial charge in [-0.05, 0) is 39.5 Å². The SMILES string of the molecule is CCOC(=O)C1=C2CCCC2C(C)=CC1. The standard InChI is InChI=1S/C13H18O2/c1-3-15-13(14)12-8-7-9(2)10-5-4-6-11(10)12/h7,10H,3-6,8H2,1-2H3. The smallest absolute Gasteiger partial charge is 0.334 e. The van der Waals surface area contributed by atoms with E-state index in [0.29, 0.717) is 12.5 Å². The van der Waals surface area contributed by atoms with E-state index in [9.17, 15) is 4.79 Å². The van der Waals surface area contributed by atoms with Gasteiger partial charge >= 0.3 is 5.97 Å². The number of rotatable bonds is 2. The average Bonchev–Trinajstić information content (AvgIpc) is 2.68. The summed E-state index contributed by atoms with van der Waals surface area (Å²) in [5.41, 5.74) is 3.73. The van der Waals surface area contributed by atoms with Crippen LogP contribution in [0.2, 0.25) is 0 Å². The third kappa shape index (κ3) is 1.85. The number of carbonyl (C=O) groups excluding carboxylic acids is 1. The molecule has 0 heterocycles. The van der Waals surface area contributed by atoms with Crippen LogP contribution in [-0.4, -0.2) is 12.6 Å². The summed E-state index contributed by atoms with van der Waals surface area (Å²) in [5.74, 6) is 0.446. The molecule has 0 aromatic rings. The van der Waals surface area contributed by atoms with Crippen LogP contribution in [0, 0.1) is 5.92 Å². The summed E-state index contributed by atoms with van der Waals surface area (Å²) in [6, 6.07) is 0. The molecule has 2 aliphatic carbocycles. The van der Waals surface area contributed by atoms with Crippen LogP contribution < -0.4 is 0 Å². The normalized spacial score (nSPS) is 24.9. The molecule has 2 aliphatic rings. The second-order valence-corrected chi connectivity index (χ2v) is 4.32. The van der Waals surface area contributed by atoms with Crippen LogP contribution in [0.15, 0.2) is 22.8 Å². The molecular weight excluding hydrogens is 188 g/mol. The third-order valence-corrected chi connectivity index (χ3v) is 3.45. The maximum Gasteiger partial charge on any atom is 0.334 e. The van der Waals surface area contributed by atoms with E-state index in [1.165, 1.54) is 24.0 Å². The van der Waals surface area contributed by atoms with Crippen molar-refractivity contribution < 1.29 is 9.53 Å². The summed E-state index contributed by atoms with van der Waals surface area (Å²) in [6.07, 6.45) is 6.47. The Labute approximate surface area is 91.0 Å². The first-order chi connectivity index (χ1) is 7.24. The number of fused-ring (bicyclic) bond motifs is 1. The minimum absolute atomic E-state index is 0.0943. The van der Waals surface area contributed by atoms with Crippen LogP contribution in [0.3, 0.4) is 0 Å². The average molecular weight is 206 g/mol. The molecule has 0 amide bonds. The zero-order chi connectivity index (χ0) is 10.8. The molecule has 0 N–H and O–H groups in total. The molecule has 0 aromatic carbocycles. The van der Waals surface area contributed by atoms with Crippen molar-refractivity contribution in [3.05, 3.63) is 22.8 Å². The predicted octanol–water partition coefficient (Wildman–Crippen LogP) is 3.00. The van der Waals surface area contributed by atoms with Gasteiger partial charge in [0.1, 0.15) is 0 Å². The predicted molar refractivity (Wildman–Crippen MR) is 59.4 cm³/mol. The molecule has 1 fully saturated rings. The summed E-state index contributed by atoms with van der Waals surface area (Å²) < 4.78 is 5.10.